The molecular formula is C88H81F15N30O15. The fourth-order valence-corrected chi connectivity index (χ4v) is 14.9. The van der Waals surface area contributed by atoms with Crippen LogP contribution in [0.5, 0.6) is 28.7 Å². The number of fused-ring (bicyclic) bond motifs is 5. The van der Waals surface area contributed by atoms with E-state index in [0.717, 1.165) is 96.7 Å². The highest BCUT2D eigenvalue weighted by molar-refractivity contribution is 6.15. The number of rotatable bonds is 23. The zero-order chi connectivity index (χ0) is 105. The molecule has 3 saturated heterocycles. The quantitative estimate of drug-likeness (QED) is 0.0210. The molecule has 45 nitrogen and oxygen atoms in total. The van der Waals surface area contributed by atoms with Crippen molar-refractivity contribution in [2.45, 2.75) is 106 Å². The Morgan fingerprint density at radius 1 is 0.351 bits per heavy atom. The van der Waals surface area contributed by atoms with Gasteiger partial charge in [0, 0.05) is 125 Å². The Morgan fingerprint density at radius 2 is 0.615 bits per heavy atom. The number of nitrogens with zero attached hydrogens (tertiary/aromatic N) is 20. The van der Waals surface area contributed by atoms with Crippen molar-refractivity contribution in [1.82, 2.24) is 97.9 Å². The van der Waals surface area contributed by atoms with Crippen LogP contribution in [-0.4, -0.2) is 218 Å². The average molecular weight is 2080 g/mol. The molecule has 1 spiro atoms. The van der Waals surface area contributed by atoms with Gasteiger partial charge in [-0.3, -0.25) is 48.9 Å². The molecule has 2 atom stereocenters. The van der Waals surface area contributed by atoms with E-state index in [4.69, 9.17) is 76.0 Å². The summed E-state index contributed by atoms with van der Waals surface area (Å²) in [5.41, 5.74) is 21.2. The standard InChI is InChI=1S/C21H21F3N6O4.2C17H15F3N6O3.C17H15F3N6O2.C16H15F3N6O3/c22-21(23,24)15-4-8-30-18(28-15)16(17(25)29-30)19(31)27-13-11-26-7-3-14(13)34-12-1-5-20(6-2-12)32-9-10-33-20;2*18-17(19,20)12-2-5-26-15(24-12)13(14(21)25-26)16(27)23-10-7-22-4-1-11(10)29-9-3-6-28-8-9;18-17(19,20)12-4-6-26-15(24-12)13(14(21)25-26)16(27)23-10-7-22-5-3-11(10)28-8-9-1-2-9;1-27-6-7-28-10-2-4-21-8-9(10)22-15(26)12-13(20)24-25-5-3-11(16(17,18)19)23-14(12)25/h3-4,7-8,11-12H,1-2,5-6,9-10H2,(H2,25,29)(H,27,31);2*1-2,4-5,7,9H,3,6,8H2,(H2,21,25)(H,23,27);3-7,9H,1-2,8H2,(H2,21,25)(H,23,27);2-5,8H,6-7H2,1H3,(H2,20,24)(H,22,26)/t;2*9-;;/m.10../s1. The molecule has 0 bridgehead atoms. The average Bonchev–Trinajstić information content (AvgIpc) is 1.64. The van der Waals surface area contributed by atoms with Crippen LogP contribution in [0.1, 0.15) is 132 Å². The molecule has 5 aliphatic rings. The van der Waals surface area contributed by atoms with Crippen LogP contribution in [0, 0.1) is 5.92 Å². The van der Waals surface area contributed by atoms with E-state index in [1.807, 2.05) is 0 Å². The van der Waals surface area contributed by atoms with Gasteiger partial charge in [0.15, 0.2) is 63.1 Å². The molecule has 15 aromatic rings. The number of halogens is 15. The minimum atomic E-state index is -4.69. The van der Waals surface area contributed by atoms with Gasteiger partial charge >= 0.3 is 30.9 Å². The number of ether oxygens (including phenoxy) is 10. The zero-order valence-corrected chi connectivity index (χ0v) is 76.4. The van der Waals surface area contributed by atoms with E-state index in [1.54, 1.807) is 24.3 Å². The summed E-state index contributed by atoms with van der Waals surface area (Å²) < 4.78 is 256. The van der Waals surface area contributed by atoms with E-state index in [0.29, 0.717) is 126 Å². The molecule has 15 aromatic heterocycles. The van der Waals surface area contributed by atoms with Gasteiger partial charge in [0.25, 0.3) is 29.5 Å². The second kappa shape index (κ2) is 43.5. The number of nitrogens with one attached hydrogen (secondary N) is 5. The Hall–Kier alpha value is -17.1. The van der Waals surface area contributed by atoms with E-state index in [-0.39, 0.29) is 138 Å². The van der Waals surface area contributed by atoms with Gasteiger partial charge in [0.1, 0.15) is 132 Å². The van der Waals surface area contributed by atoms with Crippen LogP contribution in [-0.2, 0) is 54.6 Å². The number of carbonyl (C=O) groups excluding carboxylic acids is 5. The van der Waals surface area contributed by atoms with Gasteiger partial charge < -0.3 is 103 Å². The molecule has 778 valence electrons. The summed E-state index contributed by atoms with van der Waals surface area (Å²) in [4.78, 5) is 101. The number of hydrogen-bond donors (Lipinski definition) is 10. The first-order valence-corrected chi connectivity index (χ1v) is 44.1. The van der Waals surface area contributed by atoms with Crippen molar-refractivity contribution in [3.63, 3.8) is 0 Å². The molecule has 0 unspecified atom stereocenters. The summed E-state index contributed by atoms with van der Waals surface area (Å²) in [6, 6.07) is 11.6. The van der Waals surface area contributed by atoms with Crippen molar-refractivity contribution in [1.29, 1.82) is 0 Å². The second-order valence-electron chi connectivity index (χ2n) is 32.6. The lowest BCUT2D eigenvalue weighted by molar-refractivity contribution is -0.186. The van der Waals surface area contributed by atoms with Crippen molar-refractivity contribution in [3.05, 3.63) is 210 Å². The summed E-state index contributed by atoms with van der Waals surface area (Å²) in [7, 11) is 1.51. The maximum absolute atomic E-state index is 13.1. The van der Waals surface area contributed by atoms with E-state index >= 15 is 0 Å². The third-order valence-corrected chi connectivity index (χ3v) is 22.2. The minimum absolute atomic E-state index is 0.130. The number of nitrogens with two attached hydrogens (primary N) is 5. The number of anilines is 10. The molecule has 2 saturated carbocycles. The highest BCUT2D eigenvalue weighted by atomic mass is 19.4. The summed E-state index contributed by atoms with van der Waals surface area (Å²) in [6.45, 7) is 4.20. The normalized spacial score (nSPS) is 15.7. The minimum Gasteiger partial charge on any atom is -0.491 e. The number of methoxy groups -OCH3 is 1. The van der Waals surface area contributed by atoms with Gasteiger partial charge in [-0.15, -0.1) is 25.5 Å². The first-order chi connectivity index (χ1) is 70.5. The van der Waals surface area contributed by atoms with Crippen LogP contribution in [0.3, 0.4) is 0 Å². The predicted octanol–water partition coefficient (Wildman–Crippen LogP) is 12.1. The van der Waals surface area contributed by atoms with Crippen LogP contribution in [0.25, 0.3) is 28.2 Å². The fraction of sp³-hybridized carbons (Fsp3) is 0.318. The van der Waals surface area contributed by atoms with Crippen molar-refractivity contribution in [2.24, 2.45) is 5.92 Å². The first kappa shape index (κ1) is 104. The Bertz CT molecular complexity index is 7210. The first-order valence-electron chi connectivity index (χ1n) is 44.1. The Kier molecular flexibility index (Phi) is 30.5. The number of nitrogen functional groups attached to an aromatic ring is 5. The van der Waals surface area contributed by atoms with E-state index in [2.05, 4.69) is 102 Å². The van der Waals surface area contributed by atoms with Gasteiger partial charge in [-0.05, 0) is 61.9 Å². The summed E-state index contributed by atoms with van der Waals surface area (Å²) >= 11 is 0. The molecule has 3 aliphatic heterocycles. The summed E-state index contributed by atoms with van der Waals surface area (Å²) in [5.74, 6) is -3.45. The molecule has 15 N–H and O–H groups in total. The SMILES string of the molecule is COCCOc1ccncc1NC(=O)c1c(N)nn2ccc(C(F)(F)F)nc12.Nc1nn2ccc(C(F)(F)F)nc2c1C(=O)Nc1cnccc1OC1CCC2(CC1)OCCO2.Nc1nn2ccc(C(F)(F)F)nc2c1C(=O)Nc1cnccc1OCC1CC1.Nc1nn2ccc(C(F)(F)F)nc2c1C(=O)Nc1cnccc1O[C@@H]1CCOC1.Nc1nn2ccc(C(F)(F)F)nc2c1C(=O)Nc1cnccc1O[C@H]1CCOC1. The molecule has 2 aliphatic carbocycles. The van der Waals surface area contributed by atoms with Crippen LogP contribution >= 0.6 is 0 Å². The number of pyridine rings is 5. The molecule has 18 heterocycles. The molecule has 5 fully saturated rings. The maximum atomic E-state index is 13.1. The van der Waals surface area contributed by atoms with Crippen LogP contribution in [0.4, 0.5) is 123 Å². The van der Waals surface area contributed by atoms with Gasteiger partial charge in [-0.1, -0.05) is 0 Å². The van der Waals surface area contributed by atoms with Crippen molar-refractivity contribution in [2.75, 3.05) is 122 Å². The monoisotopic (exact) mass is 2080 g/mol. The van der Waals surface area contributed by atoms with E-state index in [1.165, 1.54) is 75.1 Å². The van der Waals surface area contributed by atoms with Crippen LogP contribution < -0.4 is 78.9 Å². The van der Waals surface area contributed by atoms with E-state index < -0.39 is 94.7 Å². The number of alkyl halides is 15. The number of aromatic nitrogens is 20. The van der Waals surface area contributed by atoms with Crippen LogP contribution in [0.2, 0.25) is 0 Å². The molecule has 20 rings (SSSR count). The number of amides is 5. The highest BCUT2D eigenvalue weighted by Crippen LogP contribution is 2.42. The fourth-order valence-electron chi connectivity index (χ4n) is 14.9. The highest BCUT2D eigenvalue weighted by Gasteiger charge is 2.44. The predicted molar refractivity (Wildman–Crippen MR) is 486 cm³/mol. The summed E-state index contributed by atoms with van der Waals surface area (Å²) in [5, 5.41) is 32.0. The number of carbonyl (C=O) groups is 5. The van der Waals surface area contributed by atoms with Crippen molar-refractivity contribution < 1.29 is 137 Å². The van der Waals surface area contributed by atoms with Gasteiger partial charge in [0.2, 0.25) is 0 Å². The molecule has 60 heteroatoms. The molecule has 0 radical (unpaired) electrons. The van der Waals surface area contributed by atoms with Crippen molar-refractivity contribution in [3.8, 4) is 28.7 Å². The largest absolute Gasteiger partial charge is 0.491 e. The molecule has 148 heavy (non-hydrogen) atoms. The van der Waals surface area contributed by atoms with Gasteiger partial charge in [-0.2, -0.15) is 65.9 Å². The lowest BCUT2D eigenvalue weighted by atomic mass is 9.92. The van der Waals surface area contributed by atoms with Gasteiger partial charge in [-0.25, -0.2) is 47.5 Å². The number of hydrogen-bond acceptors (Lipinski definition) is 35. The Balaban J connectivity index is 0.000000132. The van der Waals surface area contributed by atoms with Crippen molar-refractivity contribution >= 4 is 115 Å². The summed E-state index contributed by atoms with van der Waals surface area (Å²) in [6.07, 6.45) is 1.97. The Labute approximate surface area is 820 Å². The second-order valence-corrected chi connectivity index (χ2v) is 32.6. The lowest BCUT2D eigenvalue weighted by Crippen LogP contribution is -2.38. The maximum Gasteiger partial charge on any atom is 0.433 e. The zero-order valence-electron chi connectivity index (χ0n) is 76.4. The van der Waals surface area contributed by atoms with E-state index in [9.17, 15) is 89.8 Å². The molecular weight excluding hydrogens is 2000 g/mol. The van der Waals surface area contributed by atoms with Crippen LogP contribution in [0.15, 0.2) is 154 Å². The molecule has 0 aromatic carbocycles. The third kappa shape index (κ3) is 24.6. The topological polar surface area (TPSA) is 583 Å². The van der Waals surface area contributed by atoms with Gasteiger partial charge in [0.05, 0.1) is 89.9 Å². The Morgan fingerprint density at radius 3 is 0.872 bits per heavy atom. The third-order valence-electron chi connectivity index (χ3n) is 22.2. The molecule has 5 amide bonds. The lowest BCUT2D eigenvalue weighted by Gasteiger charge is -2.35. The smallest absolute Gasteiger partial charge is 0.433 e.